The summed E-state index contributed by atoms with van der Waals surface area (Å²) in [5.74, 6) is 1.39. The molecule has 0 saturated carbocycles. The fraction of sp³-hybridized carbons (Fsp3) is 0.857. The normalized spacial score (nSPS) is 11.0. The van der Waals surface area contributed by atoms with Crippen LogP contribution in [0.1, 0.15) is 70.0 Å². The maximum Gasteiger partial charge on any atom is 0.223 e. The van der Waals surface area contributed by atoms with Crippen molar-refractivity contribution in [3.05, 3.63) is 11.7 Å². The van der Waals surface area contributed by atoms with E-state index in [9.17, 15) is 0 Å². The van der Waals surface area contributed by atoms with E-state index in [0.717, 1.165) is 12.4 Å². The Morgan fingerprint density at radius 1 is 1.00 bits per heavy atom. The third-order valence-corrected chi connectivity index (χ3v) is 3.06. The van der Waals surface area contributed by atoms with Gasteiger partial charge in [0.25, 0.3) is 0 Å². The summed E-state index contributed by atoms with van der Waals surface area (Å²) in [5, 5.41) is 7.18. The van der Waals surface area contributed by atoms with E-state index in [1.807, 2.05) is 6.92 Å². The summed E-state index contributed by atoms with van der Waals surface area (Å²) in [6.45, 7) is 5.84. The molecule has 0 spiro atoms. The summed E-state index contributed by atoms with van der Waals surface area (Å²) >= 11 is 0. The number of aromatic nitrogens is 2. The zero-order chi connectivity index (χ0) is 13.1. The number of unbranched alkanes of at least 4 members (excludes halogenated alkanes) is 7. The van der Waals surface area contributed by atoms with Crippen LogP contribution < -0.4 is 5.32 Å². The lowest BCUT2D eigenvalue weighted by Crippen LogP contribution is -2.15. The number of rotatable bonds is 11. The van der Waals surface area contributed by atoms with Crippen molar-refractivity contribution in [2.75, 3.05) is 6.54 Å². The highest BCUT2D eigenvalue weighted by molar-refractivity contribution is 4.82. The molecule has 0 aliphatic rings. The Balaban J connectivity index is 1.81. The van der Waals surface area contributed by atoms with E-state index in [-0.39, 0.29) is 0 Å². The van der Waals surface area contributed by atoms with Gasteiger partial charge in [-0.25, -0.2) is 0 Å². The molecule has 104 valence electrons. The standard InChI is InChI=1S/C14H27N3O/c1-3-4-5-6-7-8-9-10-11-15-12-14-16-13(2)18-17-14/h15H,3-12H2,1-2H3. The van der Waals surface area contributed by atoms with Crippen molar-refractivity contribution >= 4 is 0 Å². The molecule has 0 radical (unpaired) electrons. The molecule has 4 heteroatoms. The van der Waals surface area contributed by atoms with Crippen molar-refractivity contribution in [3.63, 3.8) is 0 Å². The molecule has 18 heavy (non-hydrogen) atoms. The van der Waals surface area contributed by atoms with Crippen LogP contribution in [-0.4, -0.2) is 16.7 Å². The van der Waals surface area contributed by atoms with Gasteiger partial charge in [-0.2, -0.15) is 4.98 Å². The Kier molecular flexibility index (Phi) is 8.47. The van der Waals surface area contributed by atoms with Crippen molar-refractivity contribution in [1.82, 2.24) is 15.5 Å². The van der Waals surface area contributed by atoms with Gasteiger partial charge in [-0.1, -0.05) is 57.0 Å². The van der Waals surface area contributed by atoms with Gasteiger partial charge in [0.2, 0.25) is 5.89 Å². The van der Waals surface area contributed by atoms with Crippen LogP contribution in [0, 0.1) is 6.92 Å². The van der Waals surface area contributed by atoms with E-state index in [0.29, 0.717) is 12.4 Å². The number of nitrogens with one attached hydrogen (secondary N) is 1. The van der Waals surface area contributed by atoms with Gasteiger partial charge in [0.05, 0.1) is 6.54 Å². The van der Waals surface area contributed by atoms with Gasteiger partial charge in [-0.15, -0.1) is 0 Å². The largest absolute Gasteiger partial charge is 0.340 e. The summed E-state index contributed by atoms with van der Waals surface area (Å²) in [6.07, 6.45) is 10.9. The highest BCUT2D eigenvalue weighted by Gasteiger charge is 2.00. The molecule has 0 unspecified atom stereocenters. The van der Waals surface area contributed by atoms with Crippen molar-refractivity contribution in [3.8, 4) is 0 Å². The monoisotopic (exact) mass is 253 g/mol. The Morgan fingerprint density at radius 2 is 1.67 bits per heavy atom. The molecule has 1 aromatic rings. The second kappa shape index (κ2) is 10.1. The molecule has 0 fully saturated rings. The quantitative estimate of drug-likeness (QED) is 0.612. The van der Waals surface area contributed by atoms with Gasteiger partial charge in [-0.3, -0.25) is 0 Å². The van der Waals surface area contributed by atoms with Crippen LogP contribution in [-0.2, 0) is 6.54 Å². The molecule has 0 aromatic carbocycles. The number of hydrogen-bond donors (Lipinski definition) is 1. The summed E-state index contributed by atoms with van der Waals surface area (Å²) in [5.41, 5.74) is 0. The smallest absolute Gasteiger partial charge is 0.223 e. The first kappa shape index (κ1) is 15.2. The predicted molar refractivity (Wildman–Crippen MR) is 73.4 cm³/mol. The Hall–Kier alpha value is -0.900. The van der Waals surface area contributed by atoms with Gasteiger partial charge in [0, 0.05) is 6.92 Å². The van der Waals surface area contributed by atoms with Gasteiger partial charge in [0.1, 0.15) is 0 Å². The van der Waals surface area contributed by atoms with Crippen LogP contribution in [0.15, 0.2) is 4.52 Å². The number of nitrogens with zero attached hydrogens (tertiary/aromatic N) is 2. The van der Waals surface area contributed by atoms with Crippen LogP contribution in [0.25, 0.3) is 0 Å². The highest BCUT2D eigenvalue weighted by atomic mass is 16.5. The van der Waals surface area contributed by atoms with Crippen LogP contribution in [0.5, 0.6) is 0 Å². The third-order valence-electron chi connectivity index (χ3n) is 3.06. The Bertz CT molecular complexity index is 299. The van der Waals surface area contributed by atoms with E-state index >= 15 is 0 Å². The van der Waals surface area contributed by atoms with Gasteiger partial charge < -0.3 is 9.84 Å². The van der Waals surface area contributed by atoms with E-state index in [1.165, 1.54) is 51.4 Å². The molecule has 0 aliphatic carbocycles. The first-order valence-corrected chi connectivity index (χ1v) is 7.33. The maximum absolute atomic E-state index is 4.91. The van der Waals surface area contributed by atoms with Gasteiger partial charge in [-0.05, 0) is 13.0 Å². The average molecular weight is 253 g/mol. The molecule has 1 aromatic heterocycles. The third kappa shape index (κ3) is 7.43. The van der Waals surface area contributed by atoms with E-state index in [4.69, 9.17) is 4.52 Å². The topological polar surface area (TPSA) is 51.0 Å². The minimum Gasteiger partial charge on any atom is -0.340 e. The molecule has 0 saturated heterocycles. The van der Waals surface area contributed by atoms with Gasteiger partial charge in [0.15, 0.2) is 5.82 Å². The second-order valence-corrected chi connectivity index (χ2v) is 4.88. The average Bonchev–Trinajstić information content (AvgIpc) is 2.77. The molecule has 1 rings (SSSR count). The molecule has 4 nitrogen and oxygen atoms in total. The minimum absolute atomic E-state index is 0.638. The molecule has 0 atom stereocenters. The first-order chi connectivity index (χ1) is 8.83. The molecular formula is C14H27N3O. The molecule has 1 heterocycles. The van der Waals surface area contributed by atoms with Crippen LogP contribution >= 0.6 is 0 Å². The lowest BCUT2D eigenvalue weighted by atomic mass is 10.1. The molecular weight excluding hydrogens is 226 g/mol. The van der Waals surface area contributed by atoms with E-state index < -0.39 is 0 Å². The number of hydrogen-bond acceptors (Lipinski definition) is 4. The van der Waals surface area contributed by atoms with Crippen molar-refractivity contribution in [2.24, 2.45) is 0 Å². The highest BCUT2D eigenvalue weighted by Crippen LogP contribution is 2.07. The summed E-state index contributed by atoms with van der Waals surface area (Å²) in [6, 6.07) is 0. The minimum atomic E-state index is 0.638. The van der Waals surface area contributed by atoms with Crippen LogP contribution in [0.3, 0.4) is 0 Å². The molecule has 0 bridgehead atoms. The van der Waals surface area contributed by atoms with Crippen LogP contribution in [0.4, 0.5) is 0 Å². The zero-order valence-electron chi connectivity index (χ0n) is 11.9. The second-order valence-electron chi connectivity index (χ2n) is 4.88. The van der Waals surface area contributed by atoms with Crippen molar-refractivity contribution < 1.29 is 4.52 Å². The Labute approximate surface area is 111 Å². The molecule has 0 aliphatic heterocycles. The zero-order valence-corrected chi connectivity index (χ0v) is 11.9. The molecule has 1 N–H and O–H groups in total. The summed E-state index contributed by atoms with van der Waals surface area (Å²) < 4.78 is 4.91. The van der Waals surface area contributed by atoms with E-state index in [2.05, 4.69) is 22.4 Å². The summed E-state index contributed by atoms with van der Waals surface area (Å²) in [7, 11) is 0. The van der Waals surface area contributed by atoms with E-state index in [1.54, 1.807) is 0 Å². The molecule has 0 amide bonds. The van der Waals surface area contributed by atoms with Crippen molar-refractivity contribution in [1.29, 1.82) is 0 Å². The Morgan fingerprint density at radius 3 is 2.28 bits per heavy atom. The van der Waals surface area contributed by atoms with Gasteiger partial charge >= 0.3 is 0 Å². The lowest BCUT2D eigenvalue weighted by molar-refractivity contribution is 0.385. The fourth-order valence-corrected chi connectivity index (χ4v) is 2.00. The maximum atomic E-state index is 4.91. The number of aryl methyl sites for hydroxylation is 1. The fourth-order valence-electron chi connectivity index (χ4n) is 2.00. The lowest BCUT2D eigenvalue weighted by Gasteiger charge is -2.02. The summed E-state index contributed by atoms with van der Waals surface area (Å²) in [4.78, 5) is 4.15. The first-order valence-electron chi connectivity index (χ1n) is 7.33. The van der Waals surface area contributed by atoms with Crippen LogP contribution in [0.2, 0.25) is 0 Å². The van der Waals surface area contributed by atoms with Crippen molar-refractivity contribution in [2.45, 2.75) is 71.8 Å². The SMILES string of the molecule is CCCCCCCCCCNCc1noc(C)n1. The predicted octanol–water partition coefficient (Wildman–Crippen LogP) is 3.61.